The van der Waals surface area contributed by atoms with Crippen LogP contribution in [0.1, 0.15) is 54.9 Å². The Bertz CT molecular complexity index is 1200. The number of benzene rings is 2. The molecule has 2 fully saturated rings. The summed E-state index contributed by atoms with van der Waals surface area (Å²) in [4.78, 5) is 18.5. The molecule has 1 saturated heterocycles. The van der Waals surface area contributed by atoms with Gasteiger partial charge in [0, 0.05) is 48.9 Å². The maximum Gasteiger partial charge on any atom is 0.413 e. The van der Waals surface area contributed by atoms with Crippen molar-refractivity contribution in [3.63, 3.8) is 0 Å². The number of alkyl halides is 3. The summed E-state index contributed by atoms with van der Waals surface area (Å²) >= 11 is 0. The second-order valence-corrected chi connectivity index (χ2v) is 10.6. The monoisotopic (exact) mass is 484 g/mol. The standard InChI is InChI=1S/C27H31F3N4O/c1-25(8-3-9-25)17-34-12-10-26(11-13-34,27(28,29)30)32-16-18(15-31)14-19-6-7-22-23-20(19)4-2-5-21(23)24(35)33-22/h2,4-7,15-16H,3,8-14,17,31H2,1H3,(H,33,35). The molecule has 5 nitrogen and oxygen atoms in total. The van der Waals surface area contributed by atoms with Crippen LogP contribution in [-0.4, -0.2) is 48.4 Å². The van der Waals surface area contributed by atoms with Crippen molar-refractivity contribution in [2.75, 3.05) is 25.0 Å². The molecule has 2 aromatic carbocycles. The number of carbonyl (C=O) groups is 1. The van der Waals surface area contributed by atoms with Gasteiger partial charge in [-0.15, -0.1) is 0 Å². The molecule has 8 heteroatoms. The van der Waals surface area contributed by atoms with Gasteiger partial charge in [-0.2, -0.15) is 13.2 Å². The molecule has 3 N–H and O–H groups in total. The summed E-state index contributed by atoms with van der Waals surface area (Å²) in [6.45, 7) is 3.87. The molecule has 2 heterocycles. The van der Waals surface area contributed by atoms with Crippen LogP contribution >= 0.6 is 0 Å². The highest BCUT2D eigenvalue weighted by atomic mass is 19.4. The van der Waals surface area contributed by atoms with Crippen molar-refractivity contribution in [2.24, 2.45) is 16.1 Å². The number of piperidine rings is 1. The first-order chi connectivity index (χ1) is 16.6. The van der Waals surface area contributed by atoms with Crippen LogP contribution in [0, 0.1) is 5.41 Å². The number of hydrogen-bond acceptors (Lipinski definition) is 4. The first-order valence-corrected chi connectivity index (χ1v) is 12.2. The van der Waals surface area contributed by atoms with Gasteiger partial charge in [-0.25, -0.2) is 0 Å². The van der Waals surface area contributed by atoms with E-state index in [0.717, 1.165) is 41.4 Å². The van der Waals surface area contributed by atoms with Gasteiger partial charge in [0.25, 0.3) is 5.91 Å². The minimum Gasteiger partial charge on any atom is -0.404 e. The van der Waals surface area contributed by atoms with E-state index < -0.39 is 11.7 Å². The number of hydrogen-bond donors (Lipinski definition) is 2. The molecule has 35 heavy (non-hydrogen) atoms. The second-order valence-electron chi connectivity index (χ2n) is 10.6. The Morgan fingerprint density at radius 1 is 1.17 bits per heavy atom. The van der Waals surface area contributed by atoms with Crippen LogP contribution < -0.4 is 11.1 Å². The van der Waals surface area contributed by atoms with Crippen molar-refractivity contribution in [3.05, 3.63) is 53.2 Å². The van der Waals surface area contributed by atoms with Crippen molar-refractivity contribution < 1.29 is 18.0 Å². The molecule has 0 unspecified atom stereocenters. The summed E-state index contributed by atoms with van der Waals surface area (Å²) in [5.41, 5.74) is 6.73. The molecule has 0 bridgehead atoms. The average molecular weight is 485 g/mol. The molecule has 1 amide bonds. The zero-order valence-corrected chi connectivity index (χ0v) is 19.9. The number of aliphatic imine (C=N–C) groups is 1. The maximum absolute atomic E-state index is 14.2. The predicted molar refractivity (Wildman–Crippen MR) is 133 cm³/mol. The van der Waals surface area contributed by atoms with Crippen LogP contribution in [0.2, 0.25) is 0 Å². The van der Waals surface area contributed by atoms with E-state index in [-0.39, 0.29) is 24.2 Å². The number of nitrogens with two attached hydrogens (primary N) is 1. The number of likely N-dealkylation sites (tertiary alicyclic amines) is 1. The Hall–Kier alpha value is -2.87. The molecule has 3 aliphatic rings. The molecule has 0 aromatic heterocycles. The molecule has 2 aromatic rings. The van der Waals surface area contributed by atoms with Gasteiger partial charge in [-0.3, -0.25) is 9.79 Å². The summed E-state index contributed by atoms with van der Waals surface area (Å²) < 4.78 is 42.7. The fraction of sp³-hybridized carbons (Fsp3) is 0.481. The Morgan fingerprint density at radius 3 is 2.54 bits per heavy atom. The summed E-state index contributed by atoms with van der Waals surface area (Å²) in [6.07, 6.45) is 1.95. The number of anilines is 1. The van der Waals surface area contributed by atoms with Crippen LogP contribution in [0.3, 0.4) is 0 Å². The molecule has 5 rings (SSSR count). The number of rotatable bonds is 6. The Balaban J connectivity index is 1.34. The third-order valence-corrected chi connectivity index (χ3v) is 8.09. The lowest BCUT2D eigenvalue weighted by molar-refractivity contribution is -0.196. The lowest BCUT2D eigenvalue weighted by Crippen LogP contribution is -2.54. The molecule has 1 saturated carbocycles. The highest BCUT2D eigenvalue weighted by Crippen LogP contribution is 2.45. The van der Waals surface area contributed by atoms with Crippen molar-refractivity contribution >= 4 is 28.6 Å². The van der Waals surface area contributed by atoms with E-state index in [4.69, 9.17) is 5.73 Å². The van der Waals surface area contributed by atoms with E-state index in [9.17, 15) is 18.0 Å². The third-order valence-electron chi connectivity index (χ3n) is 8.09. The minimum absolute atomic E-state index is 0.0459. The van der Waals surface area contributed by atoms with Gasteiger partial charge < -0.3 is 16.0 Å². The summed E-state index contributed by atoms with van der Waals surface area (Å²) in [5.74, 6) is -0.149. The first-order valence-electron chi connectivity index (χ1n) is 12.2. The zero-order valence-electron chi connectivity index (χ0n) is 19.9. The van der Waals surface area contributed by atoms with Gasteiger partial charge in [-0.1, -0.05) is 31.5 Å². The number of halogens is 3. The van der Waals surface area contributed by atoms with E-state index >= 15 is 0 Å². The Labute approximate surface area is 203 Å². The van der Waals surface area contributed by atoms with E-state index in [0.29, 0.717) is 30.6 Å². The summed E-state index contributed by atoms with van der Waals surface area (Å²) in [7, 11) is 0. The lowest BCUT2D eigenvalue weighted by Gasteiger charge is -2.46. The fourth-order valence-corrected chi connectivity index (χ4v) is 5.72. The van der Waals surface area contributed by atoms with Crippen molar-refractivity contribution in [3.8, 4) is 0 Å². The van der Waals surface area contributed by atoms with Gasteiger partial charge in [0.15, 0.2) is 5.54 Å². The topological polar surface area (TPSA) is 70.7 Å². The number of amides is 1. The van der Waals surface area contributed by atoms with Crippen molar-refractivity contribution in [1.82, 2.24) is 4.90 Å². The predicted octanol–water partition coefficient (Wildman–Crippen LogP) is 5.45. The quantitative estimate of drug-likeness (QED) is 0.536. The minimum atomic E-state index is -4.43. The van der Waals surface area contributed by atoms with Crippen LogP contribution in [0.15, 0.2) is 47.1 Å². The van der Waals surface area contributed by atoms with Crippen LogP contribution in [0.25, 0.3) is 10.8 Å². The number of allylic oxidation sites excluding steroid dienone is 1. The van der Waals surface area contributed by atoms with E-state index in [1.165, 1.54) is 18.8 Å². The normalized spacial score (nSPS) is 21.9. The van der Waals surface area contributed by atoms with Crippen LogP contribution in [-0.2, 0) is 6.42 Å². The zero-order chi connectivity index (χ0) is 24.8. The van der Waals surface area contributed by atoms with Crippen molar-refractivity contribution in [1.29, 1.82) is 0 Å². The molecular weight excluding hydrogens is 453 g/mol. The van der Waals surface area contributed by atoms with Gasteiger partial charge >= 0.3 is 6.18 Å². The van der Waals surface area contributed by atoms with E-state index in [1.54, 1.807) is 6.07 Å². The lowest BCUT2D eigenvalue weighted by atomic mass is 9.70. The van der Waals surface area contributed by atoms with Crippen molar-refractivity contribution in [2.45, 2.75) is 57.2 Å². The van der Waals surface area contributed by atoms with Gasteiger partial charge in [0.1, 0.15) is 0 Å². The van der Waals surface area contributed by atoms with Crippen LogP contribution in [0.4, 0.5) is 18.9 Å². The average Bonchev–Trinajstić information content (AvgIpc) is 3.14. The van der Waals surface area contributed by atoms with Crippen LogP contribution in [0.5, 0.6) is 0 Å². The molecule has 0 radical (unpaired) electrons. The largest absolute Gasteiger partial charge is 0.413 e. The molecule has 186 valence electrons. The SMILES string of the molecule is CC1(CN2CCC(N=CC(=CN)Cc3ccc4c5c(cccc35)C(=O)N4)(C(F)(F)F)CC2)CCC1. The molecule has 1 aliphatic carbocycles. The van der Waals surface area contributed by atoms with Gasteiger partial charge in [-0.05, 0) is 66.0 Å². The Morgan fingerprint density at radius 2 is 1.91 bits per heavy atom. The first kappa shape index (κ1) is 23.9. The molecule has 0 spiro atoms. The highest BCUT2D eigenvalue weighted by Gasteiger charge is 2.56. The summed E-state index contributed by atoms with van der Waals surface area (Å²) in [6, 6.07) is 9.20. The van der Waals surface area contributed by atoms with E-state index in [2.05, 4.69) is 22.1 Å². The number of carbonyl (C=O) groups excluding carboxylic acids is 1. The molecule has 2 aliphatic heterocycles. The van der Waals surface area contributed by atoms with E-state index in [1.807, 2.05) is 24.3 Å². The van der Waals surface area contributed by atoms with Gasteiger partial charge in [0.2, 0.25) is 0 Å². The third kappa shape index (κ3) is 4.33. The summed E-state index contributed by atoms with van der Waals surface area (Å²) in [5, 5.41) is 4.57. The number of nitrogens with zero attached hydrogens (tertiary/aromatic N) is 2. The number of nitrogens with one attached hydrogen (secondary N) is 1. The Kier molecular flexibility index (Phi) is 5.90. The molecular formula is C27H31F3N4O. The fourth-order valence-electron chi connectivity index (χ4n) is 5.72. The van der Waals surface area contributed by atoms with Gasteiger partial charge in [0.05, 0.1) is 0 Å². The smallest absolute Gasteiger partial charge is 0.404 e. The molecule has 0 atom stereocenters. The maximum atomic E-state index is 14.2. The highest BCUT2D eigenvalue weighted by molar-refractivity contribution is 6.24. The second kappa shape index (κ2) is 8.66.